The molecule has 1 unspecified atom stereocenters. The molecular formula is C17H16FN3O2. The van der Waals surface area contributed by atoms with Crippen LogP contribution in [-0.4, -0.2) is 25.0 Å². The van der Waals surface area contributed by atoms with Crippen molar-refractivity contribution < 1.29 is 14.3 Å². The Bertz CT molecular complexity index is 820. The number of carbonyl (C=O) groups is 1. The monoisotopic (exact) mass is 313 g/mol. The van der Waals surface area contributed by atoms with E-state index in [0.717, 1.165) is 0 Å². The van der Waals surface area contributed by atoms with E-state index in [0.29, 0.717) is 17.1 Å². The zero-order chi connectivity index (χ0) is 16.4. The van der Waals surface area contributed by atoms with Crippen LogP contribution in [0.1, 0.15) is 28.0 Å². The number of hydrogen-bond donors (Lipinski definition) is 1. The van der Waals surface area contributed by atoms with Crippen LogP contribution in [0.25, 0.3) is 0 Å². The standard InChI is InChI=1S/C17H16FN3O2/c1-20-9-2-3-14(20)15(22)11-21-10-8-19-17(21)16(23)12-4-6-13(18)7-5-12/h2-10,16,23H,11H2,1H3. The highest BCUT2D eigenvalue weighted by atomic mass is 19.1. The third-order valence-corrected chi connectivity index (χ3v) is 3.72. The Labute approximate surface area is 132 Å². The number of benzene rings is 1. The first-order chi connectivity index (χ1) is 11.1. The minimum absolute atomic E-state index is 0.0748. The van der Waals surface area contributed by atoms with Crippen LogP contribution in [0.2, 0.25) is 0 Å². The molecule has 1 atom stereocenters. The Kier molecular flexibility index (Phi) is 4.08. The van der Waals surface area contributed by atoms with Crippen LogP contribution in [-0.2, 0) is 13.6 Å². The van der Waals surface area contributed by atoms with Gasteiger partial charge in [0.1, 0.15) is 17.7 Å². The molecular weight excluding hydrogens is 297 g/mol. The van der Waals surface area contributed by atoms with E-state index in [4.69, 9.17) is 0 Å². The first-order valence-corrected chi connectivity index (χ1v) is 7.15. The molecule has 0 aliphatic carbocycles. The summed E-state index contributed by atoms with van der Waals surface area (Å²) in [5.74, 6) is -0.106. The van der Waals surface area contributed by atoms with E-state index in [2.05, 4.69) is 4.98 Å². The molecule has 5 nitrogen and oxygen atoms in total. The second kappa shape index (κ2) is 6.18. The molecule has 2 heterocycles. The number of ketones is 1. The maximum atomic E-state index is 13.0. The average molecular weight is 313 g/mol. The van der Waals surface area contributed by atoms with E-state index in [1.54, 1.807) is 40.7 Å². The Morgan fingerprint density at radius 1 is 1.26 bits per heavy atom. The van der Waals surface area contributed by atoms with E-state index >= 15 is 0 Å². The summed E-state index contributed by atoms with van der Waals surface area (Å²) < 4.78 is 16.3. The van der Waals surface area contributed by atoms with Crippen LogP contribution < -0.4 is 0 Å². The van der Waals surface area contributed by atoms with Crippen molar-refractivity contribution in [1.29, 1.82) is 0 Å². The number of imidazole rings is 1. The van der Waals surface area contributed by atoms with Gasteiger partial charge in [-0.2, -0.15) is 0 Å². The van der Waals surface area contributed by atoms with E-state index in [-0.39, 0.29) is 18.1 Å². The lowest BCUT2D eigenvalue weighted by Gasteiger charge is -2.13. The van der Waals surface area contributed by atoms with Gasteiger partial charge in [-0.25, -0.2) is 9.37 Å². The summed E-state index contributed by atoms with van der Waals surface area (Å²) in [6, 6.07) is 9.10. The maximum absolute atomic E-state index is 13.0. The molecule has 23 heavy (non-hydrogen) atoms. The highest BCUT2D eigenvalue weighted by molar-refractivity contribution is 5.94. The van der Waals surface area contributed by atoms with Crippen molar-refractivity contribution in [3.63, 3.8) is 0 Å². The van der Waals surface area contributed by atoms with E-state index in [1.807, 2.05) is 0 Å². The lowest BCUT2D eigenvalue weighted by atomic mass is 10.1. The van der Waals surface area contributed by atoms with E-state index in [1.165, 1.54) is 30.5 Å². The predicted octanol–water partition coefficient (Wildman–Crippen LogP) is 2.33. The number of rotatable bonds is 5. The molecule has 118 valence electrons. The second-order valence-corrected chi connectivity index (χ2v) is 5.29. The minimum atomic E-state index is -1.02. The largest absolute Gasteiger partial charge is 0.380 e. The third kappa shape index (κ3) is 3.07. The van der Waals surface area contributed by atoms with Crippen molar-refractivity contribution in [3.8, 4) is 0 Å². The molecule has 0 fully saturated rings. The fourth-order valence-electron chi connectivity index (χ4n) is 2.48. The molecule has 0 saturated carbocycles. The number of aliphatic hydroxyl groups is 1. The highest BCUT2D eigenvalue weighted by Gasteiger charge is 2.19. The van der Waals surface area contributed by atoms with Crippen LogP contribution in [0, 0.1) is 5.82 Å². The van der Waals surface area contributed by atoms with E-state index < -0.39 is 6.10 Å². The van der Waals surface area contributed by atoms with Crippen molar-refractivity contribution in [1.82, 2.24) is 14.1 Å². The topological polar surface area (TPSA) is 60.0 Å². The summed E-state index contributed by atoms with van der Waals surface area (Å²) in [6.07, 6.45) is 3.95. The summed E-state index contributed by atoms with van der Waals surface area (Å²) in [7, 11) is 1.80. The number of aliphatic hydroxyl groups excluding tert-OH is 1. The van der Waals surface area contributed by atoms with Gasteiger partial charge in [0.25, 0.3) is 0 Å². The molecule has 1 N–H and O–H groups in total. The zero-order valence-electron chi connectivity index (χ0n) is 12.6. The lowest BCUT2D eigenvalue weighted by Crippen LogP contribution is -2.17. The van der Waals surface area contributed by atoms with Gasteiger partial charge in [0, 0.05) is 25.6 Å². The van der Waals surface area contributed by atoms with Crippen LogP contribution in [0.15, 0.2) is 55.0 Å². The van der Waals surface area contributed by atoms with Crippen LogP contribution >= 0.6 is 0 Å². The molecule has 0 spiro atoms. The number of Topliss-reactive ketones (excluding diaryl/α,β-unsaturated/α-hetero) is 1. The summed E-state index contributed by atoms with van der Waals surface area (Å²) in [5.41, 5.74) is 1.10. The smallest absolute Gasteiger partial charge is 0.198 e. The van der Waals surface area contributed by atoms with Gasteiger partial charge >= 0.3 is 0 Å². The van der Waals surface area contributed by atoms with Crippen molar-refractivity contribution >= 4 is 5.78 Å². The molecule has 2 aromatic heterocycles. The quantitative estimate of drug-likeness (QED) is 0.735. The first kappa shape index (κ1) is 15.2. The van der Waals surface area contributed by atoms with Crippen molar-refractivity contribution in [2.45, 2.75) is 12.6 Å². The molecule has 0 amide bonds. The summed E-state index contributed by atoms with van der Waals surface area (Å²) in [5, 5.41) is 10.4. The Hall–Kier alpha value is -2.73. The van der Waals surface area contributed by atoms with Crippen LogP contribution in [0.4, 0.5) is 4.39 Å². The van der Waals surface area contributed by atoms with Crippen molar-refractivity contribution in [2.75, 3.05) is 0 Å². The summed E-state index contributed by atoms with van der Waals surface area (Å²) >= 11 is 0. The fourth-order valence-corrected chi connectivity index (χ4v) is 2.48. The van der Waals surface area contributed by atoms with Gasteiger partial charge in [-0.15, -0.1) is 0 Å². The minimum Gasteiger partial charge on any atom is -0.380 e. The molecule has 0 bridgehead atoms. The predicted molar refractivity (Wildman–Crippen MR) is 82.4 cm³/mol. The molecule has 0 aliphatic heterocycles. The zero-order valence-corrected chi connectivity index (χ0v) is 12.6. The highest BCUT2D eigenvalue weighted by Crippen LogP contribution is 2.21. The Morgan fingerprint density at radius 2 is 2.00 bits per heavy atom. The Balaban J connectivity index is 1.83. The SMILES string of the molecule is Cn1cccc1C(=O)Cn1ccnc1C(O)c1ccc(F)cc1. The number of aryl methyl sites for hydroxylation is 1. The number of nitrogens with zero attached hydrogens (tertiary/aromatic N) is 3. The Morgan fingerprint density at radius 3 is 2.65 bits per heavy atom. The third-order valence-electron chi connectivity index (χ3n) is 3.72. The van der Waals surface area contributed by atoms with Gasteiger partial charge in [0.15, 0.2) is 5.78 Å². The van der Waals surface area contributed by atoms with Crippen molar-refractivity contribution in [3.05, 3.63) is 77.9 Å². The number of carbonyl (C=O) groups excluding carboxylic acids is 1. The lowest BCUT2D eigenvalue weighted by molar-refractivity contribution is 0.0959. The number of hydrogen-bond acceptors (Lipinski definition) is 3. The van der Waals surface area contributed by atoms with Gasteiger partial charge in [0.2, 0.25) is 0 Å². The molecule has 0 saturated heterocycles. The molecule has 1 aromatic carbocycles. The summed E-state index contributed by atoms with van der Waals surface area (Å²) in [4.78, 5) is 16.5. The fraction of sp³-hybridized carbons (Fsp3) is 0.176. The van der Waals surface area contributed by atoms with Crippen molar-refractivity contribution in [2.24, 2.45) is 7.05 Å². The van der Waals surface area contributed by atoms with E-state index in [9.17, 15) is 14.3 Å². The van der Waals surface area contributed by atoms with Crippen LogP contribution in [0.5, 0.6) is 0 Å². The average Bonchev–Trinajstić information content (AvgIpc) is 3.16. The maximum Gasteiger partial charge on any atom is 0.198 e. The normalized spacial score (nSPS) is 12.3. The van der Waals surface area contributed by atoms with Gasteiger partial charge in [0.05, 0.1) is 12.2 Å². The van der Waals surface area contributed by atoms with Gasteiger partial charge in [-0.1, -0.05) is 12.1 Å². The van der Waals surface area contributed by atoms with Gasteiger partial charge < -0.3 is 14.2 Å². The van der Waals surface area contributed by atoms with Crippen LogP contribution in [0.3, 0.4) is 0 Å². The number of aromatic nitrogens is 3. The summed E-state index contributed by atoms with van der Waals surface area (Å²) in [6.45, 7) is 0.0748. The molecule has 0 radical (unpaired) electrons. The molecule has 3 rings (SSSR count). The first-order valence-electron chi connectivity index (χ1n) is 7.15. The molecule has 6 heteroatoms. The van der Waals surface area contributed by atoms with Gasteiger partial charge in [-0.3, -0.25) is 4.79 Å². The van der Waals surface area contributed by atoms with Gasteiger partial charge in [-0.05, 0) is 29.8 Å². The molecule has 3 aromatic rings. The number of halogens is 1. The second-order valence-electron chi connectivity index (χ2n) is 5.29. The molecule has 0 aliphatic rings.